The zero-order valence-corrected chi connectivity index (χ0v) is 30.3. The molecule has 1 unspecified atom stereocenters. The summed E-state index contributed by atoms with van der Waals surface area (Å²) in [5.74, 6) is -0.206. The Hall–Kier alpha value is -0.760. The molecule has 0 radical (unpaired) electrons. The largest absolute Gasteiger partial charge is 0.756 e. The van der Waals surface area contributed by atoms with Crippen LogP contribution in [0.3, 0.4) is 0 Å². The molecule has 0 aromatic heterocycles. The molecule has 0 heterocycles. The van der Waals surface area contributed by atoms with Gasteiger partial charge in [0.15, 0.2) is 0 Å². The van der Waals surface area contributed by atoms with Gasteiger partial charge in [0.1, 0.15) is 13.2 Å². The van der Waals surface area contributed by atoms with Gasteiger partial charge in [-0.2, -0.15) is 0 Å². The number of carbonyl (C=O) groups excluding carboxylic acids is 1. The Labute approximate surface area is 272 Å². The minimum Gasteiger partial charge on any atom is -0.756 e. The number of hydrogen-bond acceptors (Lipinski definition) is 6. The van der Waals surface area contributed by atoms with E-state index in [9.17, 15) is 19.4 Å². The number of aliphatic hydroxyl groups excluding tert-OH is 1. The maximum atomic E-state index is 12.6. The van der Waals surface area contributed by atoms with Crippen molar-refractivity contribution in [3.8, 4) is 0 Å². The summed E-state index contributed by atoms with van der Waals surface area (Å²) in [5.41, 5.74) is 0. The first kappa shape index (κ1) is 43.2. The molecule has 8 nitrogen and oxygen atoms in total. The maximum Gasteiger partial charge on any atom is 0.268 e. The molecule has 2 N–H and O–H groups in total. The average molecular weight is 647 g/mol. The fraction of sp³-hybridized carbons (Fsp3) is 0.914. The van der Waals surface area contributed by atoms with Crippen LogP contribution in [-0.2, 0) is 18.4 Å². The molecule has 0 aliphatic carbocycles. The van der Waals surface area contributed by atoms with Crippen LogP contribution in [0.5, 0.6) is 0 Å². The Kier molecular flexibility index (Phi) is 28.0. The normalized spacial score (nSPS) is 15.0. The molecule has 0 aromatic rings. The number of unbranched alkanes of at least 4 members (excludes halogenated alkanes) is 19. The first-order valence-corrected chi connectivity index (χ1v) is 19.5. The van der Waals surface area contributed by atoms with Gasteiger partial charge in [-0.15, -0.1) is 0 Å². The van der Waals surface area contributed by atoms with Gasteiger partial charge >= 0.3 is 0 Å². The fourth-order valence-electron chi connectivity index (χ4n) is 5.03. The van der Waals surface area contributed by atoms with E-state index in [0.29, 0.717) is 17.4 Å². The van der Waals surface area contributed by atoms with Gasteiger partial charge in [-0.05, 0) is 19.3 Å². The van der Waals surface area contributed by atoms with Gasteiger partial charge in [-0.1, -0.05) is 142 Å². The van der Waals surface area contributed by atoms with E-state index >= 15 is 0 Å². The lowest BCUT2D eigenvalue weighted by molar-refractivity contribution is -0.870. The van der Waals surface area contributed by atoms with E-state index in [1.807, 2.05) is 27.2 Å². The summed E-state index contributed by atoms with van der Waals surface area (Å²) >= 11 is 0. The highest BCUT2D eigenvalue weighted by Crippen LogP contribution is 2.38. The molecule has 262 valence electrons. The van der Waals surface area contributed by atoms with Crippen molar-refractivity contribution in [2.24, 2.45) is 0 Å². The lowest BCUT2D eigenvalue weighted by Gasteiger charge is -2.29. The van der Waals surface area contributed by atoms with Gasteiger partial charge in [0.25, 0.3) is 7.82 Å². The SMILES string of the molecule is CCCCCCCCCCCCCCC/C=C/[C@@H](O)[C@H](COP(=O)([O-])OCC[N+](C)(C)C)NC(=O)CCCCCCCCC. The van der Waals surface area contributed by atoms with Gasteiger partial charge in [0.05, 0.1) is 39.9 Å². The monoisotopic (exact) mass is 647 g/mol. The summed E-state index contributed by atoms with van der Waals surface area (Å²) < 4.78 is 23.0. The third-order valence-corrected chi connectivity index (χ3v) is 8.96. The molecule has 0 aromatic carbocycles. The van der Waals surface area contributed by atoms with Gasteiger partial charge in [-0.25, -0.2) is 0 Å². The predicted molar refractivity (Wildman–Crippen MR) is 182 cm³/mol. The van der Waals surface area contributed by atoms with Crippen molar-refractivity contribution < 1.29 is 32.9 Å². The van der Waals surface area contributed by atoms with E-state index < -0.39 is 20.0 Å². The molecule has 0 spiro atoms. The zero-order chi connectivity index (χ0) is 32.9. The van der Waals surface area contributed by atoms with Crippen LogP contribution in [-0.4, -0.2) is 68.5 Å². The Balaban J connectivity index is 4.50. The molecule has 0 saturated heterocycles. The van der Waals surface area contributed by atoms with Crippen molar-refractivity contribution in [2.75, 3.05) is 40.9 Å². The van der Waals surface area contributed by atoms with Crippen molar-refractivity contribution in [2.45, 2.75) is 167 Å². The van der Waals surface area contributed by atoms with Crippen LogP contribution in [0.15, 0.2) is 12.2 Å². The van der Waals surface area contributed by atoms with Crippen LogP contribution < -0.4 is 10.2 Å². The van der Waals surface area contributed by atoms with Crippen molar-refractivity contribution in [3.63, 3.8) is 0 Å². The standard InChI is InChI=1S/C35H71N2O6P/c1-6-8-10-12-14-15-16-17-18-19-20-21-23-24-26-28-34(38)33(32-43-44(40,41)42-31-30-37(3,4)5)36-35(39)29-27-25-22-13-11-9-7-2/h26,28,33-34,38H,6-25,27,29-32H2,1-5H3,(H-,36,39,40,41)/b28-26+/t33-,34+/m0/s1. The molecule has 1 amide bonds. The number of likely N-dealkylation sites (N-methyl/N-ethyl adjacent to an activating group) is 1. The van der Waals surface area contributed by atoms with Crippen molar-refractivity contribution in [1.29, 1.82) is 0 Å². The van der Waals surface area contributed by atoms with E-state index in [2.05, 4.69) is 19.2 Å². The topological polar surface area (TPSA) is 108 Å². The Morgan fingerprint density at radius 3 is 1.70 bits per heavy atom. The smallest absolute Gasteiger partial charge is 0.268 e. The number of carbonyl (C=O) groups is 1. The quantitative estimate of drug-likeness (QED) is 0.0330. The number of aliphatic hydroxyl groups is 1. The lowest BCUT2D eigenvalue weighted by Crippen LogP contribution is -2.45. The molecule has 0 rings (SSSR count). The van der Waals surface area contributed by atoms with Crippen LogP contribution in [0.1, 0.15) is 155 Å². The molecule has 3 atom stereocenters. The molecule has 0 saturated carbocycles. The number of amides is 1. The third kappa shape index (κ3) is 29.9. The average Bonchev–Trinajstić information content (AvgIpc) is 2.95. The first-order chi connectivity index (χ1) is 21.0. The van der Waals surface area contributed by atoms with Gasteiger partial charge in [-0.3, -0.25) is 9.36 Å². The van der Waals surface area contributed by atoms with Crippen molar-refractivity contribution in [1.82, 2.24) is 5.32 Å². The summed E-state index contributed by atoms with van der Waals surface area (Å²) in [6, 6.07) is -0.876. The number of nitrogens with zero attached hydrogens (tertiary/aromatic N) is 1. The fourth-order valence-corrected chi connectivity index (χ4v) is 5.76. The van der Waals surface area contributed by atoms with E-state index in [0.717, 1.165) is 38.5 Å². The van der Waals surface area contributed by atoms with E-state index in [-0.39, 0.29) is 19.1 Å². The number of phosphoric ester groups is 1. The van der Waals surface area contributed by atoms with Crippen LogP contribution in [0.2, 0.25) is 0 Å². The summed E-state index contributed by atoms with van der Waals surface area (Å²) in [6.45, 7) is 4.57. The highest BCUT2D eigenvalue weighted by molar-refractivity contribution is 7.45. The summed E-state index contributed by atoms with van der Waals surface area (Å²) in [7, 11) is 1.26. The van der Waals surface area contributed by atoms with Crippen molar-refractivity contribution in [3.05, 3.63) is 12.2 Å². The molecule has 0 fully saturated rings. The second-order valence-corrected chi connectivity index (χ2v) is 15.0. The molecular formula is C35H71N2O6P. The van der Waals surface area contributed by atoms with Crippen LogP contribution in [0, 0.1) is 0 Å². The molecule has 0 bridgehead atoms. The predicted octanol–water partition coefficient (Wildman–Crippen LogP) is 8.22. The van der Waals surface area contributed by atoms with Gasteiger partial charge in [0.2, 0.25) is 5.91 Å². The molecular weight excluding hydrogens is 575 g/mol. The third-order valence-electron chi connectivity index (χ3n) is 8.00. The maximum absolute atomic E-state index is 12.6. The number of allylic oxidation sites excluding steroid dienone is 1. The minimum atomic E-state index is -4.56. The van der Waals surface area contributed by atoms with E-state index in [4.69, 9.17) is 9.05 Å². The van der Waals surface area contributed by atoms with Crippen molar-refractivity contribution >= 4 is 13.7 Å². The van der Waals surface area contributed by atoms with Gasteiger partial charge < -0.3 is 28.8 Å². The molecule has 0 aliphatic heterocycles. The molecule has 9 heteroatoms. The summed E-state index contributed by atoms with van der Waals surface area (Å²) in [4.78, 5) is 25.0. The zero-order valence-electron chi connectivity index (χ0n) is 29.4. The van der Waals surface area contributed by atoms with Crippen LogP contribution >= 0.6 is 7.82 Å². The number of nitrogens with one attached hydrogen (secondary N) is 1. The Bertz CT molecular complexity index is 743. The number of hydrogen-bond donors (Lipinski definition) is 2. The first-order valence-electron chi connectivity index (χ1n) is 18.1. The molecule has 0 aliphatic rings. The molecule has 44 heavy (non-hydrogen) atoms. The Morgan fingerprint density at radius 2 is 1.23 bits per heavy atom. The number of phosphoric acid groups is 1. The number of rotatable bonds is 32. The summed E-state index contributed by atoms with van der Waals surface area (Å²) in [5, 5.41) is 13.6. The second kappa shape index (κ2) is 28.5. The highest BCUT2D eigenvalue weighted by Gasteiger charge is 2.23. The summed E-state index contributed by atoms with van der Waals surface area (Å²) in [6.07, 6.45) is 28.3. The lowest BCUT2D eigenvalue weighted by atomic mass is 10.0. The second-order valence-electron chi connectivity index (χ2n) is 13.6. The van der Waals surface area contributed by atoms with Crippen LogP contribution in [0.25, 0.3) is 0 Å². The minimum absolute atomic E-state index is 0.00113. The van der Waals surface area contributed by atoms with E-state index in [1.165, 1.54) is 96.3 Å². The highest BCUT2D eigenvalue weighted by atomic mass is 31.2. The Morgan fingerprint density at radius 1 is 0.773 bits per heavy atom. The number of quaternary nitrogens is 1. The van der Waals surface area contributed by atoms with Gasteiger partial charge in [0, 0.05) is 6.42 Å². The van der Waals surface area contributed by atoms with E-state index in [1.54, 1.807) is 6.08 Å². The van der Waals surface area contributed by atoms with Crippen LogP contribution in [0.4, 0.5) is 0 Å².